The summed E-state index contributed by atoms with van der Waals surface area (Å²) in [5.41, 5.74) is 3.13. The van der Waals surface area contributed by atoms with Gasteiger partial charge >= 0.3 is 0 Å². The third-order valence-electron chi connectivity index (χ3n) is 3.68. The van der Waals surface area contributed by atoms with E-state index in [-0.39, 0.29) is 11.7 Å². The zero-order chi connectivity index (χ0) is 17.5. The highest BCUT2D eigenvalue weighted by atomic mass is 19.1. The predicted octanol–water partition coefficient (Wildman–Crippen LogP) is 3.94. The average molecular weight is 335 g/mol. The number of amides is 1. The molecule has 1 aromatic heterocycles. The molecule has 0 saturated carbocycles. The number of nitrogens with zero attached hydrogens (tertiary/aromatic N) is 1. The number of hydrogen-bond acceptors (Lipinski definition) is 3. The molecule has 0 aliphatic rings. The van der Waals surface area contributed by atoms with Crippen molar-refractivity contribution in [2.75, 3.05) is 11.9 Å². The van der Waals surface area contributed by atoms with E-state index in [0.717, 1.165) is 16.9 Å². The number of para-hydroxylation sites is 1. The van der Waals surface area contributed by atoms with E-state index in [0.29, 0.717) is 18.5 Å². The summed E-state index contributed by atoms with van der Waals surface area (Å²) in [6.07, 6.45) is 3.84. The number of hydrogen-bond donors (Lipinski definition) is 2. The van der Waals surface area contributed by atoms with Crippen molar-refractivity contribution in [3.63, 3.8) is 0 Å². The number of carbonyl (C=O) groups excluding carboxylic acids is 1. The molecule has 0 bridgehead atoms. The third-order valence-corrected chi connectivity index (χ3v) is 3.68. The lowest BCUT2D eigenvalue weighted by Gasteiger charge is -2.09. The SMILES string of the molecule is O=C(NCCc1ccc(F)cc1)c1cncc(Nc2ccccc2)c1. The highest BCUT2D eigenvalue weighted by Gasteiger charge is 2.07. The van der Waals surface area contributed by atoms with Crippen molar-refractivity contribution in [2.45, 2.75) is 6.42 Å². The molecular weight excluding hydrogens is 317 g/mol. The molecule has 0 aliphatic heterocycles. The summed E-state index contributed by atoms with van der Waals surface area (Å²) < 4.78 is 12.9. The summed E-state index contributed by atoms with van der Waals surface area (Å²) in [7, 11) is 0. The van der Waals surface area contributed by atoms with Gasteiger partial charge in [0.05, 0.1) is 17.4 Å². The first-order valence-electron chi connectivity index (χ1n) is 8.00. The van der Waals surface area contributed by atoms with Crippen LogP contribution < -0.4 is 10.6 Å². The molecule has 0 unspecified atom stereocenters. The zero-order valence-corrected chi connectivity index (χ0v) is 13.6. The molecule has 0 aliphatic carbocycles. The fourth-order valence-electron chi connectivity index (χ4n) is 2.39. The van der Waals surface area contributed by atoms with Gasteiger partial charge in [0.2, 0.25) is 0 Å². The van der Waals surface area contributed by atoms with E-state index < -0.39 is 0 Å². The lowest BCUT2D eigenvalue weighted by molar-refractivity contribution is 0.0954. The molecule has 0 atom stereocenters. The van der Waals surface area contributed by atoms with E-state index in [1.54, 1.807) is 24.4 Å². The average Bonchev–Trinajstić information content (AvgIpc) is 2.64. The van der Waals surface area contributed by atoms with Crippen molar-refractivity contribution < 1.29 is 9.18 Å². The molecule has 0 spiro atoms. The maximum Gasteiger partial charge on any atom is 0.252 e. The number of benzene rings is 2. The summed E-state index contributed by atoms with van der Waals surface area (Å²) in [6, 6.07) is 17.7. The molecule has 1 heterocycles. The van der Waals surface area contributed by atoms with Crippen LogP contribution in [0.25, 0.3) is 0 Å². The summed E-state index contributed by atoms with van der Waals surface area (Å²) in [5, 5.41) is 6.06. The van der Waals surface area contributed by atoms with Crippen LogP contribution in [0.1, 0.15) is 15.9 Å². The molecule has 0 fully saturated rings. The normalized spacial score (nSPS) is 10.3. The second-order valence-electron chi connectivity index (χ2n) is 5.59. The van der Waals surface area contributed by atoms with Crippen LogP contribution in [0.2, 0.25) is 0 Å². The minimum atomic E-state index is -0.262. The van der Waals surface area contributed by atoms with Crippen molar-refractivity contribution in [3.8, 4) is 0 Å². The van der Waals surface area contributed by atoms with Gasteiger partial charge in [-0.1, -0.05) is 30.3 Å². The van der Waals surface area contributed by atoms with Gasteiger partial charge in [-0.05, 0) is 42.3 Å². The number of rotatable bonds is 6. The lowest BCUT2D eigenvalue weighted by atomic mass is 10.1. The Morgan fingerprint density at radius 3 is 2.48 bits per heavy atom. The minimum absolute atomic E-state index is 0.189. The number of nitrogens with one attached hydrogen (secondary N) is 2. The zero-order valence-electron chi connectivity index (χ0n) is 13.6. The topological polar surface area (TPSA) is 54.0 Å². The Kier molecular flexibility index (Phi) is 5.36. The monoisotopic (exact) mass is 335 g/mol. The van der Waals surface area contributed by atoms with Crippen LogP contribution in [0, 0.1) is 5.82 Å². The fourth-order valence-corrected chi connectivity index (χ4v) is 2.39. The molecule has 3 rings (SSSR count). The van der Waals surface area contributed by atoms with Gasteiger partial charge in [-0.2, -0.15) is 0 Å². The predicted molar refractivity (Wildman–Crippen MR) is 96.4 cm³/mol. The minimum Gasteiger partial charge on any atom is -0.354 e. The second kappa shape index (κ2) is 8.06. The van der Waals surface area contributed by atoms with Crippen molar-refractivity contribution >= 4 is 17.3 Å². The van der Waals surface area contributed by atoms with Crippen LogP contribution >= 0.6 is 0 Å². The molecule has 2 N–H and O–H groups in total. The molecule has 5 heteroatoms. The van der Waals surface area contributed by atoms with Gasteiger partial charge in [-0.25, -0.2) is 4.39 Å². The van der Waals surface area contributed by atoms with Gasteiger partial charge in [-0.3, -0.25) is 9.78 Å². The summed E-state index contributed by atoms with van der Waals surface area (Å²) in [4.78, 5) is 16.4. The third kappa shape index (κ3) is 4.88. The number of carbonyl (C=O) groups is 1. The number of pyridine rings is 1. The van der Waals surface area contributed by atoms with Gasteiger partial charge in [0.25, 0.3) is 5.91 Å². The molecule has 0 saturated heterocycles. The Morgan fingerprint density at radius 2 is 1.72 bits per heavy atom. The van der Waals surface area contributed by atoms with E-state index in [1.807, 2.05) is 30.3 Å². The number of aromatic nitrogens is 1. The van der Waals surface area contributed by atoms with Crippen LogP contribution in [0.4, 0.5) is 15.8 Å². The van der Waals surface area contributed by atoms with E-state index in [2.05, 4.69) is 15.6 Å². The van der Waals surface area contributed by atoms with Crippen LogP contribution in [0.5, 0.6) is 0 Å². The Bertz CT molecular complexity index is 835. The summed E-state index contributed by atoms with van der Waals surface area (Å²) >= 11 is 0. The highest BCUT2D eigenvalue weighted by Crippen LogP contribution is 2.16. The first kappa shape index (κ1) is 16.6. The van der Waals surface area contributed by atoms with Gasteiger partial charge in [-0.15, -0.1) is 0 Å². The number of halogens is 1. The van der Waals surface area contributed by atoms with Crippen LogP contribution in [0.3, 0.4) is 0 Å². The van der Waals surface area contributed by atoms with E-state index in [9.17, 15) is 9.18 Å². The van der Waals surface area contributed by atoms with Crippen molar-refractivity contribution in [2.24, 2.45) is 0 Å². The van der Waals surface area contributed by atoms with Crippen LogP contribution in [-0.2, 0) is 6.42 Å². The molecular formula is C20H18FN3O. The summed E-state index contributed by atoms with van der Waals surface area (Å²) in [6.45, 7) is 0.473. The van der Waals surface area contributed by atoms with Gasteiger partial charge in [0.15, 0.2) is 0 Å². The van der Waals surface area contributed by atoms with Gasteiger partial charge in [0, 0.05) is 18.4 Å². The maximum atomic E-state index is 12.9. The van der Waals surface area contributed by atoms with Crippen molar-refractivity contribution in [1.29, 1.82) is 0 Å². The summed E-state index contributed by atoms with van der Waals surface area (Å²) in [5.74, 6) is -0.451. The largest absolute Gasteiger partial charge is 0.354 e. The highest BCUT2D eigenvalue weighted by molar-refractivity contribution is 5.94. The lowest BCUT2D eigenvalue weighted by Crippen LogP contribution is -2.25. The smallest absolute Gasteiger partial charge is 0.252 e. The Labute approximate surface area is 145 Å². The maximum absolute atomic E-state index is 12.9. The molecule has 1 amide bonds. The van der Waals surface area contributed by atoms with Crippen molar-refractivity contribution in [3.05, 3.63) is 90.0 Å². The molecule has 126 valence electrons. The van der Waals surface area contributed by atoms with Crippen LogP contribution in [-0.4, -0.2) is 17.4 Å². The molecule has 4 nitrogen and oxygen atoms in total. The quantitative estimate of drug-likeness (QED) is 0.717. The number of anilines is 2. The van der Waals surface area contributed by atoms with E-state index in [1.165, 1.54) is 18.3 Å². The molecule has 2 aromatic carbocycles. The standard InChI is InChI=1S/C20H18FN3O/c21-17-8-6-15(7-9-17)10-11-23-20(25)16-12-19(14-22-13-16)24-18-4-2-1-3-5-18/h1-9,12-14,24H,10-11H2,(H,23,25). The Balaban J connectivity index is 1.56. The first-order valence-corrected chi connectivity index (χ1v) is 8.00. The Hall–Kier alpha value is -3.21. The van der Waals surface area contributed by atoms with Crippen molar-refractivity contribution in [1.82, 2.24) is 10.3 Å². The second-order valence-corrected chi connectivity index (χ2v) is 5.59. The molecule has 3 aromatic rings. The Morgan fingerprint density at radius 1 is 0.960 bits per heavy atom. The first-order chi connectivity index (χ1) is 12.2. The van der Waals surface area contributed by atoms with Gasteiger partial charge < -0.3 is 10.6 Å². The fraction of sp³-hybridized carbons (Fsp3) is 0.100. The van der Waals surface area contributed by atoms with E-state index >= 15 is 0 Å². The van der Waals surface area contributed by atoms with Gasteiger partial charge in [0.1, 0.15) is 5.82 Å². The molecule has 0 radical (unpaired) electrons. The van der Waals surface area contributed by atoms with E-state index in [4.69, 9.17) is 0 Å². The van der Waals surface area contributed by atoms with Crippen LogP contribution in [0.15, 0.2) is 73.1 Å². The molecule has 25 heavy (non-hydrogen) atoms.